The van der Waals surface area contributed by atoms with Crippen LogP contribution in [0.3, 0.4) is 0 Å². The Morgan fingerprint density at radius 1 is 1.32 bits per heavy atom. The molecule has 0 aromatic heterocycles. The number of carbonyl (C=O) groups excluding carboxylic acids is 2. The van der Waals surface area contributed by atoms with Crippen molar-refractivity contribution in [2.75, 3.05) is 32.7 Å². The van der Waals surface area contributed by atoms with Crippen molar-refractivity contribution in [1.29, 1.82) is 0 Å². The fourth-order valence-electron chi connectivity index (χ4n) is 3.41. The molecule has 3 saturated heterocycles. The summed E-state index contributed by atoms with van der Waals surface area (Å²) in [7, 11) is 0. The first-order valence-electron chi connectivity index (χ1n) is 7.03. The molecule has 2 unspecified atom stereocenters. The van der Waals surface area contributed by atoms with Gasteiger partial charge < -0.3 is 15.1 Å². The van der Waals surface area contributed by atoms with E-state index >= 15 is 0 Å². The molecule has 108 valence electrons. The summed E-state index contributed by atoms with van der Waals surface area (Å²) in [6.45, 7) is 3.85. The first-order valence-corrected chi connectivity index (χ1v) is 7.03. The van der Waals surface area contributed by atoms with Gasteiger partial charge in [-0.1, -0.05) is 0 Å². The van der Waals surface area contributed by atoms with Crippen LogP contribution in [-0.4, -0.2) is 60.4 Å². The summed E-state index contributed by atoms with van der Waals surface area (Å²) in [6.07, 6.45) is 3.75. The van der Waals surface area contributed by atoms with Gasteiger partial charge in [-0.3, -0.25) is 9.59 Å². The average Bonchev–Trinajstić information content (AvgIpc) is 2.98. The highest BCUT2D eigenvalue weighted by atomic mass is 35.5. The molecule has 6 heteroatoms. The van der Waals surface area contributed by atoms with Crippen LogP contribution in [0.4, 0.5) is 0 Å². The van der Waals surface area contributed by atoms with Crippen LogP contribution in [0.5, 0.6) is 0 Å². The molecule has 2 amide bonds. The highest BCUT2D eigenvalue weighted by Crippen LogP contribution is 2.24. The topological polar surface area (TPSA) is 52.7 Å². The van der Waals surface area contributed by atoms with Crippen LogP contribution in [-0.2, 0) is 9.59 Å². The van der Waals surface area contributed by atoms with Gasteiger partial charge in [0.1, 0.15) is 0 Å². The molecule has 3 fully saturated rings. The predicted octanol–water partition coefficient (Wildman–Crippen LogP) is 0.241. The van der Waals surface area contributed by atoms with Gasteiger partial charge in [-0.2, -0.15) is 0 Å². The second kappa shape index (κ2) is 6.09. The molecular weight excluding hydrogens is 266 g/mol. The number of fused-ring (bicyclic) bond motifs is 1. The third-order valence-electron chi connectivity index (χ3n) is 4.51. The fourth-order valence-corrected chi connectivity index (χ4v) is 3.41. The minimum atomic E-state index is 0. The number of hydrogen-bond acceptors (Lipinski definition) is 3. The van der Waals surface area contributed by atoms with Crippen molar-refractivity contribution < 1.29 is 9.59 Å². The average molecular weight is 288 g/mol. The van der Waals surface area contributed by atoms with Crippen molar-refractivity contribution in [3.63, 3.8) is 0 Å². The Labute approximate surface area is 120 Å². The number of piperidine rings is 1. The lowest BCUT2D eigenvalue weighted by molar-refractivity contribution is -0.139. The Kier molecular flexibility index (Phi) is 4.68. The van der Waals surface area contributed by atoms with Crippen LogP contribution in [0.15, 0.2) is 0 Å². The number of carbonyl (C=O) groups is 2. The Morgan fingerprint density at radius 2 is 2.16 bits per heavy atom. The van der Waals surface area contributed by atoms with Crippen molar-refractivity contribution >= 4 is 24.2 Å². The van der Waals surface area contributed by atoms with Crippen molar-refractivity contribution in [2.24, 2.45) is 5.92 Å². The van der Waals surface area contributed by atoms with Gasteiger partial charge in [-0.25, -0.2) is 0 Å². The Hall–Kier alpha value is -0.810. The number of rotatable bonds is 2. The second-order valence-electron chi connectivity index (χ2n) is 5.66. The zero-order valence-corrected chi connectivity index (χ0v) is 12.0. The van der Waals surface area contributed by atoms with Crippen molar-refractivity contribution in [3.05, 3.63) is 0 Å². The monoisotopic (exact) mass is 287 g/mol. The number of amides is 2. The van der Waals surface area contributed by atoms with E-state index in [4.69, 9.17) is 0 Å². The molecule has 3 rings (SSSR count). The first kappa shape index (κ1) is 14.6. The standard InChI is InChI=1S/C13H21N3O2.ClH/c17-12-2-1-6-15(12)9-13(18)16-7-4-11-10(8-16)3-5-14-11;/h10-11,14H,1-9H2;1H. The van der Waals surface area contributed by atoms with Gasteiger partial charge in [0.15, 0.2) is 0 Å². The molecule has 0 spiro atoms. The van der Waals surface area contributed by atoms with E-state index in [2.05, 4.69) is 5.32 Å². The van der Waals surface area contributed by atoms with Crippen molar-refractivity contribution in [1.82, 2.24) is 15.1 Å². The van der Waals surface area contributed by atoms with Gasteiger partial charge in [0.2, 0.25) is 11.8 Å². The van der Waals surface area contributed by atoms with Crippen LogP contribution in [0.2, 0.25) is 0 Å². The predicted molar refractivity (Wildman–Crippen MR) is 74.2 cm³/mol. The van der Waals surface area contributed by atoms with E-state index in [1.54, 1.807) is 4.90 Å². The number of likely N-dealkylation sites (tertiary alicyclic amines) is 2. The molecule has 0 aromatic rings. The van der Waals surface area contributed by atoms with E-state index in [1.165, 1.54) is 6.42 Å². The highest BCUT2D eigenvalue weighted by molar-refractivity contribution is 5.86. The summed E-state index contributed by atoms with van der Waals surface area (Å²) in [5.74, 6) is 0.897. The molecule has 2 atom stereocenters. The second-order valence-corrected chi connectivity index (χ2v) is 5.66. The minimum Gasteiger partial charge on any atom is -0.341 e. The van der Waals surface area contributed by atoms with E-state index < -0.39 is 0 Å². The van der Waals surface area contributed by atoms with Crippen LogP contribution in [0.1, 0.15) is 25.7 Å². The lowest BCUT2D eigenvalue weighted by atomic mass is 9.93. The van der Waals surface area contributed by atoms with Gasteiger partial charge in [-0.05, 0) is 31.7 Å². The van der Waals surface area contributed by atoms with Crippen molar-refractivity contribution in [3.8, 4) is 0 Å². The van der Waals surface area contributed by atoms with Crippen LogP contribution in [0.25, 0.3) is 0 Å². The Balaban J connectivity index is 0.00000133. The van der Waals surface area contributed by atoms with E-state index in [-0.39, 0.29) is 24.2 Å². The van der Waals surface area contributed by atoms with E-state index in [1.807, 2.05) is 4.90 Å². The van der Waals surface area contributed by atoms with E-state index in [0.29, 0.717) is 24.9 Å². The molecule has 3 aliphatic rings. The number of hydrogen-bond donors (Lipinski definition) is 1. The van der Waals surface area contributed by atoms with Gasteiger partial charge in [0, 0.05) is 32.1 Å². The molecule has 0 saturated carbocycles. The van der Waals surface area contributed by atoms with E-state index in [9.17, 15) is 9.59 Å². The number of nitrogens with one attached hydrogen (secondary N) is 1. The summed E-state index contributed by atoms with van der Waals surface area (Å²) in [6, 6.07) is 0.613. The number of halogens is 1. The lowest BCUT2D eigenvalue weighted by Gasteiger charge is -2.35. The van der Waals surface area contributed by atoms with Gasteiger partial charge in [0.25, 0.3) is 0 Å². The van der Waals surface area contributed by atoms with Gasteiger partial charge in [0.05, 0.1) is 6.54 Å². The summed E-state index contributed by atoms with van der Waals surface area (Å²) >= 11 is 0. The normalized spacial score (nSPS) is 30.2. The Bertz CT molecular complexity index is 364. The molecule has 0 aliphatic carbocycles. The fraction of sp³-hybridized carbons (Fsp3) is 0.846. The van der Waals surface area contributed by atoms with Gasteiger partial charge in [-0.15, -0.1) is 12.4 Å². The van der Waals surface area contributed by atoms with Crippen LogP contribution < -0.4 is 5.32 Å². The maximum atomic E-state index is 12.2. The summed E-state index contributed by atoms with van der Waals surface area (Å²) < 4.78 is 0. The smallest absolute Gasteiger partial charge is 0.242 e. The Morgan fingerprint density at radius 3 is 2.89 bits per heavy atom. The molecule has 0 radical (unpaired) electrons. The van der Waals surface area contributed by atoms with E-state index in [0.717, 1.165) is 39.0 Å². The first-order chi connectivity index (χ1) is 8.74. The largest absolute Gasteiger partial charge is 0.341 e. The summed E-state index contributed by atoms with van der Waals surface area (Å²) in [5.41, 5.74) is 0. The zero-order chi connectivity index (χ0) is 12.5. The third-order valence-corrected chi connectivity index (χ3v) is 4.51. The third kappa shape index (κ3) is 3.03. The summed E-state index contributed by atoms with van der Waals surface area (Å²) in [4.78, 5) is 27.4. The number of nitrogens with zero attached hydrogens (tertiary/aromatic N) is 2. The summed E-state index contributed by atoms with van der Waals surface area (Å²) in [5, 5.41) is 3.50. The zero-order valence-electron chi connectivity index (χ0n) is 11.1. The minimum absolute atomic E-state index is 0. The SMILES string of the molecule is Cl.O=C1CCCN1CC(=O)N1CCC2NCCC2C1. The van der Waals surface area contributed by atoms with Crippen molar-refractivity contribution in [2.45, 2.75) is 31.7 Å². The molecule has 5 nitrogen and oxygen atoms in total. The molecular formula is C13H22ClN3O2. The maximum absolute atomic E-state index is 12.2. The highest BCUT2D eigenvalue weighted by Gasteiger charge is 2.35. The molecule has 0 aromatic carbocycles. The molecule has 1 N–H and O–H groups in total. The van der Waals surface area contributed by atoms with Crippen LogP contribution in [0, 0.1) is 5.92 Å². The van der Waals surface area contributed by atoms with Gasteiger partial charge >= 0.3 is 0 Å². The van der Waals surface area contributed by atoms with Crippen LogP contribution >= 0.6 is 12.4 Å². The maximum Gasteiger partial charge on any atom is 0.242 e. The molecule has 3 heterocycles. The quantitative estimate of drug-likeness (QED) is 0.792. The lowest BCUT2D eigenvalue weighted by Crippen LogP contribution is -2.49. The molecule has 0 bridgehead atoms. The molecule has 3 aliphatic heterocycles. The molecule has 19 heavy (non-hydrogen) atoms.